The topological polar surface area (TPSA) is 101 Å². The number of nitrogens with one attached hydrogen (secondary N) is 1. The summed E-state index contributed by atoms with van der Waals surface area (Å²) in [6.07, 6.45) is 2.77. The second-order valence-corrected chi connectivity index (χ2v) is 4.38. The minimum atomic E-state index is -1.13. The molecule has 7 nitrogen and oxygen atoms in total. The molecule has 0 fully saturated rings. The number of aryl methyl sites for hydroxylation is 1. The Morgan fingerprint density at radius 3 is 2.76 bits per heavy atom. The van der Waals surface area contributed by atoms with E-state index in [0.29, 0.717) is 5.56 Å². The number of benzene rings is 1. The number of hydrogen-bond acceptors (Lipinski definition) is 4. The maximum Gasteiger partial charge on any atom is 0.347 e. The normalized spacial score (nSPS) is 10.1. The zero-order valence-electron chi connectivity index (χ0n) is 11.2. The monoisotopic (exact) mass is 287 g/mol. The van der Waals surface area contributed by atoms with Gasteiger partial charge in [0, 0.05) is 12.4 Å². The number of aromatic nitrogens is 2. The van der Waals surface area contributed by atoms with Gasteiger partial charge in [-0.3, -0.25) is 9.36 Å². The number of nitrogens with zero attached hydrogens (tertiary/aromatic N) is 2. The Morgan fingerprint density at radius 2 is 2.10 bits per heavy atom. The van der Waals surface area contributed by atoms with Crippen molar-refractivity contribution in [1.82, 2.24) is 9.55 Å². The van der Waals surface area contributed by atoms with Gasteiger partial charge in [-0.25, -0.2) is 14.6 Å². The molecular formula is C14H13N3O4. The Bertz CT molecular complexity index is 752. The second-order valence-electron chi connectivity index (χ2n) is 4.38. The van der Waals surface area contributed by atoms with Crippen LogP contribution in [0.15, 0.2) is 41.5 Å². The van der Waals surface area contributed by atoms with Crippen molar-refractivity contribution in [3.63, 3.8) is 0 Å². The average molecular weight is 287 g/mol. The highest BCUT2D eigenvalue weighted by Gasteiger charge is 2.14. The summed E-state index contributed by atoms with van der Waals surface area (Å²) >= 11 is 0. The Morgan fingerprint density at radius 1 is 1.33 bits per heavy atom. The van der Waals surface area contributed by atoms with E-state index < -0.39 is 17.6 Å². The first-order chi connectivity index (χ1) is 9.99. The van der Waals surface area contributed by atoms with E-state index in [1.807, 2.05) is 0 Å². The van der Waals surface area contributed by atoms with Crippen molar-refractivity contribution < 1.29 is 14.7 Å². The Kier molecular flexibility index (Phi) is 4.13. The summed E-state index contributed by atoms with van der Waals surface area (Å²) in [4.78, 5) is 38.1. The summed E-state index contributed by atoms with van der Waals surface area (Å²) < 4.78 is 1.13. The molecule has 2 aromatic rings. The zero-order valence-corrected chi connectivity index (χ0v) is 11.2. The van der Waals surface area contributed by atoms with Crippen molar-refractivity contribution in [2.75, 3.05) is 5.32 Å². The van der Waals surface area contributed by atoms with Gasteiger partial charge in [-0.2, -0.15) is 0 Å². The highest BCUT2D eigenvalue weighted by molar-refractivity contribution is 6.01. The molecule has 1 heterocycles. The van der Waals surface area contributed by atoms with E-state index in [1.165, 1.54) is 24.5 Å². The lowest BCUT2D eigenvalue weighted by Crippen LogP contribution is -2.29. The SMILES string of the molecule is Cc1cccc(C(=O)O)c1NC(=O)Cn1cccnc1=O. The number of hydrogen-bond donors (Lipinski definition) is 2. The van der Waals surface area contributed by atoms with Crippen LogP contribution in [-0.2, 0) is 11.3 Å². The van der Waals surface area contributed by atoms with E-state index in [4.69, 9.17) is 5.11 Å². The van der Waals surface area contributed by atoms with Gasteiger partial charge in [-0.1, -0.05) is 12.1 Å². The third kappa shape index (κ3) is 3.33. The number of amides is 1. The lowest BCUT2D eigenvalue weighted by molar-refractivity contribution is -0.116. The quantitative estimate of drug-likeness (QED) is 0.869. The molecule has 21 heavy (non-hydrogen) atoms. The Balaban J connectivity index is 2.23. The van der Waals surface area contributed by atoms with Gasteiger partial charge < -0.3 is 10.4 Å². The highest BCUT2D eigenvalue weighted by Crippen LogP contribution is 2.20. The predicted molar refractivity (Wildman–Crippen MR) is 75.3 cm³/mol. The molecule has 0 saturated carbocycles. The van der Waals surface area contributed by atoms with Crippen molar-refractivity contribution in [2.45, 2.75) is 13.5 Å². The smallest absolute Gasteiger partial charge is 0.347 e. The van der Waals surface area contributed by atoms with Crippen molar-refractivity contribution in [3.05, 3.63) is 58.3 Å². The molecule has 0 radical (unpaired) electrons. The van der Waals surface area contributed by atoms with Crippen LogP contribution in [0.25, 0.3) is 0 Å². The second kappa shape index (κ2) is 6.00. The van der Waals surface area contributed by atoms with Crippen LogP contribution in [0, 0.1) is 6.92 Å². The largest absolute Gasteiger partial charge is 0.478 e. The highest BCUT2D eigenvalue weighted by atomic mass is 16.4. The van der Waals surface area contributed by atoms with Gasteiger partial charge in [-0.15, -0.1) is 0 Å². The molecule has 2 rings (SSSR count). The van der Waals surface area contributed by atoms with Gasteiger partial charge in [0.05, 0.1) is 11.3 Å². The maximum atomic E-state index is 12.0. The molecule has 7 heteroatoms. The Labute approximate surface area is 119 Å². The summed E-state index contributed by atoms with van der Waals surface area (Å²) in [6.45, 7) is 1.46. The molecule has 1 aromatic carbocycles. The number of anilines is 1. The molecule has 1 aromatic heterocycles. The van der Waals surface area contributed by atoms with Gasteiger partial charge in [0.15, 0.2) is 0 Å². The molecule has 0 aliphatic rings. The average Bonchev–Trinajstić information content (AvgIpc) is 2.43. The summed E-state index contributed by atoms with van der Waals surface area (Å²) in [5.74, 6) is -1.63. The number of rotatable bonds is 4. The van der Waals surface area contributed by atoms with Crippen LogP contribution in [0.5, 0.6) is 0 Å². The molecule has 0 aliphatic carbocycles. The number of para-hydroxylation sites is 1. The van der Waals surface area contributed by atoms with Crippen LogP contribution < -0.4 is 11.0 Å². The minimum absolute atomic E-state index is 0.00174. The number of carboxylic acid groups (broad SMARTS) is 1. The molecule has 0 bridgehead atoms. The van der Waals surface area contributed by atoms with Crippen molar-refractivity contribution in [2.24, 2.45) is 0 Å². The first-order valence-electron chi connectivity index (χ1n) is 6.13. The summed E-state index contributed by atoms with van der Waals surface area (Å²) in [7, 11) is 0. The molecule has 108 valence electrons. The minimum Gasteiger partial charge on any atom is -0.478 e. The number of carbonyl (C=O) groups excluding carboxylic acids is 1. The molecule has 0 unspecified atom stereocenters. The van der Waals surface area contributed by atoms with Crippen LogP contribution in [0.2, 0.25) is 0 Å². The fraction of sp³-hybridized carbons (Fsp3) is 0.143. The van der Waals surface area contributed by atoms with Crippen LogP contribution in [0.3, 0.4) is 0 Å². The third-order valence-electron chi connectivity index (χ3n) is 2.86. The lowest BCUT2D eigenvalue weighted by Gasteiger charge is -2.12. The summed E-state index contributed by atoms with van der Waals surface area (Å²) in [5.41, 5.74) is 0.312. The van der Waals surface area contributed by atoms with Crippen LogP contribution in [0.4, 0.5) is 5.69 Å². The van der Waals surface area contributed by atoms with Crippen LogP contribution in [-0.4, -0.2) is 26.5 Å². The molecule has 2 N–H and O–H groups in total. The van der Waals surface area contributed by atoms with E-state index in [9.17, 15) is 14.4 Å². The van der Waals surface area contributed by atoms with E-state index >= 15 is 0 Å². The Hall–Kier alpha value is -2.96. The zero-order chi connectivity index (χ0) is 15.4. The van der Waals surface area contributed by atoms with Crippen molar-refractivity contribution in [1.29, 1.82) is 0 Å². The number of aromatic carboxylic acids is 1. The lowest BCUT2D eigenvalue weighted by atomic mass is 10.1. The molecule has 0 aliphatic heterocycles. The molecule has 0 saturated heterocycles. The molecule has 0 spiro atoms. The maximum absolute atomic E-state index is 12.0. The van der Waals surface area contributed by atoms with E-state index in [0.717, 1.165) is 4.57 Å². The fourth-order valence-corrected chi connectivity index (χ4v) is 1.85. The van der Waals surface area contributed by atoms with Gasteiger partial charge >= 0.3 is 11.7 Å². The van der Waals surface area contributed by atoms with Crippen LogP contribution in [0.1, 0.15) is 15.9 Å². The van der Waals surface area contributed by atoms with E-state index in [2.05, 4.69) is 10.3 Å². The molecule has 0 atom stereocenters. The van der Waals surface area contributed by atoms with E-state index in [-0.39, 0.29) is 17.8 Å². The van der Waals surface area contributed by atoms with Crippen LogP contribution >= 0.6 is 0 Å². The number of carbonyl (C=O) groups is 2. The molecule has 1 amide bonds. The van der Waals surface area contributed by atoms with Gasteiger partial charge in [-0.05, 0) is 24.6 Å². The van der Waals surface area contributed by atoms with Crippen molar-refractivity contribution >= 4 is 17.6 Å². The summed E-state index contributed by atoms with van der Waals surface area (Å²) in [5, 5.41) is 11.6. The third-order valence-corrected chi connectivity index (χ3v) is 2.86. The molecular weight excluding hydrogens is 274 g/mol. The van der Waals surface area contributed by atoms with Crippen molar-refractivity contribution in [3.8, 4) is 0 Å². The van der Waals surface area contributed by atoms with E-state index in [1.54, 1.807) is 19.1 Å². The predicted octanol–water partition coefficient (Wildman–Crippen LogP) is 0.889. The van der Waals surface area contributed by atoms with Gasteiger partial charge in [0.2, 0.25) is 5.91 Å². The first-order valence-corrected chi connectivity index (χ1v) is 6.13. The van der Waals surface area contributed by atoms with Gasteiger partial charge in [0.1, 0.15) is 6.54 Å². The summed E-state index contributed by atoms with van der Waals surface area (Å²) in [6, 6.07) is 6.23. The first kappa shape index (κ1) is 14.4. The van der Waals surface area contributed by atoms with Gasteiger partial charge in [0.25, 0.3) is 0 Å². The standard InChI is InChI=1S/C14H13N3O4/c1-9-4-2-5-10(13(19)20)12(9)16-11(18)8-17-7-3-6-15-14(17)21/h2-7H,8H2,1H3,(H,16,18)(H,19,20). The fourth-order valence-electron chi connectivity index (χ4n) is 1.85. The number of carboxylic acids is 1.